The SMILES string of the molecule is CCOC(=O)OCC(C)C(c1ccc(OC(=O)OC(C)C(C)C)c(OC(=O)OC(C)C(C)C)c1)[C@H](N)C(=O)O. The predicted octanol–water partition coefficient (Wildman–Crippen LogP) is 5.11. The molecule has 0 aromatic heterocycles. The number of carbonyl (C=O) groups excluding carboxylic acids is 3. The van der Waals surface area contributed by atoms with Gasteiger partial charge in [0, 0.05) is 5.92 Å². The molecule has 5 atom stereocenters. The molecule has 0 spiro atoms. The van der Waals surface area contributed by atoms with Crippen LogP contribution in [0, 0.1) is 17.8 Å². The maximum absolute atomic E-state index is 12.5. The summed E-state index contributed by atoms with van der Waals surface area (Å²) < 4.78 is 31.0. The Morgan fingerprint density at radius 1 is 0.795 bits per heavy atom. The Labute approximate surface area is 229 Å². The summed E-state index contributed by atoms with van der Waals surface area (Å²) in [5, 5.41) is 9.64. The Morgan fingerprint density at radius 2 is 1.31 bits per heavy atom. The number of hydrogen-bond acceptors (Lipinski definition) is 11. The van der Waals surface area contributed by atoms with Crippen molar-refractivity contribution in [3.8, 4) is 11.5 Å². The highest BCUT2D eigenvalue weighted by Crippen LogP contribution is 2.36. The van der Waals surface area contributed by atoms with Gasteiger partial charge in [-0.3, -0.25) is 4.79 Å². The quantitative estimate of drug-likeness (QED) is 0.187. The zero-order valence-corrected chi connectivity index (χ0v) is 23.8. The number of aliphatic carboxylic acids is 1. The first kappa shape index (κ1) is 33.5. The van der Waals surface area contributed by atoms with Crippen LogP contribution in [-0.2, 0) is 23.7 Å². The second-order valence-electron chi connectivity index (χ2n) is 9.91. The van der Waals surface area contributed by atoms with E-state index in [4.69, 9.17) is 34.2 Å². The molecule has 3 N–H and O–H groups in total. The summed E-state index contributed by atoms with van der Waals surface area (Å²) >= 11 is 0. The van der Waals surface area contributed by atoms with Crippen molar-refractivity contribution < 1.29 is 52.7 Å². The van der Waals surface area contributed by atoms with Gasteiger partial charge in [0.05, 0.1) is 13.2 Å². The maximum atomic E-state index is 12.5. The third-order valence-corrected chi connectivity index (χ3v) is 6.19. The molecule has 4 unspecified atom stereocenters. The van der Waals surface area contributed by atoms with Gasteiger partial charge in [0.1, 0.15) is 18.2 Å². The molecule has 0 saturated heterocycles. The number of hydrogen-bond donors (Lipinski definition) is 2. The van der Waals surface area contributed by atoms with Crippen molar-refractivity contribution in [2.45, 2.75) is 79.6 Å². The average molecular weight is 556 g/mol. The van der Waals surface area contributed by atoms with Gasteiger partial charge in [-0.25, -0.2) is 14.4 Å². The number of rotatable bonds is 13. The summed E-state index contributed by atoms with van der Waals surface area (Å²) in [6, 6.07) is 2.70. The highest BCUT2D eigenvalue weighted by atomic mass is 16.8. The minimum atomic E-state index is -1.42. The van der Waals surface area contributed by atoms with Gasteiger partial charge in [-0.1, -0.05) is 40.7 Å². The van der Waals surface area contributed by atoms with Crippen molar-refractivity contribution in [2.24, 2.45) is 23.5 Å². The summed E-state index contributed by atoms with van der Waals surface area (Å²) in [6.45, 7) is 14.0. The van der Waals surface area contributed by atoms with Crippen molar-refractivity contribution in [2.75, 3.05) is 13.2 Å². The first-order valence-electron chi connectivity index (χ1n) is 12.9. The van der Waals surface area contributed by atoms with Crippen LogP contribution < -0.4 is 15.2 Å². The number of carboxylic acids is 1. The molecule has 0 radical (unpaired) electrons. The average Bonchev–Trinajstić information content (AvgIpc) is 2.84. The normalized spacial score (nSPS) is 14.9. The molecule has 0 aliphatic carbocycles. The van der Waals surface area contributed by atoms with Gasteiger partial charge in [0.15, 0.2) is 11.5 Å². The molecular formula is C27H41NO11. The molecule has 220 valence electrons. The number of carboxylic acid groups (broad SMARTS) is 1. The Bertz CT molecular complexity index is 978. The Balaban J connectivity index is 3.40. The summed E-state index contributed by atoms with van der Waals surface area (Å²) in [5.41, 5.74) is 6.32. The van der Waals surface area contributed by atoms with Crippen LogP contribution in [0.3, 0.4) is 0 Å². The fourth-order valence-corrected chi connectivity index (χ4v) is 3.21. The van der Waals surface area contributed by atoms with E-state index in [-0.39, 0.29) is 36.5 Å². The van der Waals surface area contributed by atoms with E-state index in [1.54, 1.807) is 27.7 Å². The summed E-state index contributed by atoms with van der Waals surface area (Å²) in [7, 11) is 0. The Morgan fingerprint density at radius 3 is 1.77 bits per heavy atom. The van der Waals surface area contributed by atoms with Gasteiger partial charge in [0.2, 0.25) is 0 Å². The summed E-state index contributed by atoms with van der Waals surface area (Å²) in [6.07, 6.45) is -3.91. The number of benzene rings is 1. The van der Waals surface area contributed by atoms with Crippen LogP contribution in [0.1, 0.15) is 66.9 Å². The third kappa shape index (κ3) is 11.0. The van der Waals surface area contributed by atoms with Crippen LogP contribution >= 0.6 is 0 Å². The minimum absolute atomic E-state index is 0.00490. The van der Waals surface area contributed by atoms with Gasteiger partial charge in [0.25, 0.3) is 0 Å². The fourth-order valence-electron chi connectivity index (χ4n) is 3.21. The highest BCUT2D eigenvalue weighted by molar-refractivity contribution is 5.75. The fraction of sp³-hybridized carbons (Fsp3) is 0.630. The molecule has 12 nitrogen and oxygen atoms in total. The van der Waals surface area contributed by atoms with E-state index >= 15 is 0 Å². The molecule has 0 bridgehead atoms. The molecule has 0 amide bonds. The molecule has 39 heavy (non-hydrogen) atoms. The van der Waals surface area contributed by atoms with Crippen molar-refractivity contribution >= 4 is 24.4 Å². The predicted molar refractivity (Wildman–Crippen MR) is 140 cm³/mol. The van der Waals surface area contributed by atoms with E-state index in [2.05, 4.69) is 0 Å². The van der Waals surface area contributed by atoms with E-state index in [1.807, 2.05) is 27.7 Å². The number of carbonyl (C=O) groups is 4. The van der Waals surface area contributed by atoms with Crippen LogP contribution in [0.4, 0.5) is 14.4 Å². The molecule has 1 aromatic carbocycles. The number of nitrogens with two attached hydrogens (primary N) is 1. The Kier molecular flexibility index (Phi) is 13.5. The van der Waals surface area contributed by atoms with Crippen LogP contribution in [-0.4, -0.2) is 61.0 Å². The van der Waals surface area contributed by atoms with E-state index in [1.165, 1.54) is 18.2 Å². The van der Waals surface area contributed by atoms with Gasteiger partial charge in [-0.2, -0.15) is 0 Å². The zero-order valence-electron chi connectivity index (χ0n) is 23.8. The highest BCUT2D eigenvalue weighted by Gasteiger charge is 2.33. The molecule has 1 aromatic rings. The molecular weight excluding hydrogens is 514 g/mol. The van der Waals surface area contributed by atoms with Gasteiger partial charge in [-0.05, 0) is 56.2 Å². The second kappa shape index (κ2) is 15.8. The van der Waals surface area contributed by atoms with E-state index in [9.17, 15) is 24.3 Å². The monoisotopic (exact) mass is 555 g/mol. The van der Waals surface area contributed by atoms with Crippen molar-refractivity contribution in [1.82, 2.24) is 0 Å². The van der Waals surface area contributed by atoms with Gasteiger partial charge >= 0.3 is 24.4 Å². The standard InChI is InChI=1S/C27H41NO11/c1-9-34-25(31)35-13-16(6)22(23(28)24(29)30)19-10-11-20(38-26(32)36-17(7)14(2)3)21(12-19)39-27(33)37-18(8)15(4)5/h10-12,14-18,22-23H,9,13,28H2,1-8H3,(H,29,30)/t16?,17?,18?,22?,23-/m0/s1. The first-order chi connectivity index (χ1) is 18.2. The number of ether oxygens (including phenoxy) is 6. The lowest BCUT2D eigenvalue weighted by Gasteiger charge is -2.28. The molecule has 0 aliphatic heterocycles. The molecule has 12 heteroatoms. The molecule has 0 fully saturated rings. The van der Waals surface area contributed by atoms with Crippen molar-refractivity contribution in [3.05, 3.63) is 23.8 Å². The zero-order chi connectivity index (χ0) is 29.9. The summed E-state index contributed by atoms with van der Waals surface area (Å²) in [4.78, 5) is 48.4. The summed E-state index contributed by atoms with van der Waals surface area (Å²) in [5.74, 6) is -3.17. The lowest BCUT2D eigenvalue weighted by atomic mass is 9.82. The largest absolute Gasteiger partial charge is 0.514 e. The van der Waals surface area contributed by atoms with Crippen LogP contribution in [0.15, 0.2) is 18.2 Å². The van der Waals surface area contributed by atoms with Crippen molar-refractivity contribution in [3.63, 3.8) is 0 Å². The first-order valence-corrected chi connectivity index (χ1v) is 12.9. The third-order valence-electron chi connectivity index (χ3n) is 6.19. The van der Waals surface area contributed by atoms with E-state index in [0.29, 0.717) is 5.56 Å². The van der Waals surface area contributed by atoms with E-state index in [0.717, 1.165) is 0 Å². The smallest absolute Gasteiger partial charge is 0.480 e. The van der Waals surface area contributed by atoms with Crippen LogP contribution in [0.2, 0.25) is 0 Å². The van der Waals surface area contributed by atoms with Gasteiger partial charge < -0.3 is 39.3 Å². The molecule has 1 rings (SSSR count). The molecule has 0 heterocycles. The lowest BCUT2D eigenvalue weighted by Crippen LogP contribution is -2.40. The minimum Gasteiger partial charge on any atom is -0.480 e. The maximum Gasteiger partial charge on any atom is 0.514 e. The van der Waals surface area contributed by atoms with Crippen LogP contribution in [0.5, 0.6) is 11.5 Å². The second-order valence-corrected chi connectivity index (χ2v) is 9.91. The van der Waals surface area contributed by atoms with Crippen LogP contribution in [0.25, 0.3) is 0 Å². The topological polar surface area (TPSA) is 170 Å². The van der Waals surface area contributed by atoms with Gasteiger partial charge in [-0.15, -0.1) is 0 Å². The lowest BCUT2D eigenvalue weighted by molar-refractivity contribution is -0.139. The van der Waals surface area contributed by atoms with Crippen molar-refractivity contribution in [1.29, 1.82) is 0 Å². The van der Waals surface area contributed by atoms with E-state index < -0.39 is 54.5 Å². The Hall–Kier alpha value is -3.54. The molecule has 0 aliphatic rings. The molecule has 0 saturated carbocycles.